The molecule has 107 heavy (non-hydrogen) atoms. The lowest BCUT2D eigenvalue weighted by molar-refractivity contribution is -0.161. The van der Waals surface area contributed by atoms with Crippen LogP contribution >= 0.6 is 15.6 Å². The number of phosphoric acid groups is 2. The molecule has 0 aromatic carbocycles. The van der Waals surface area contributed by atoms with Crippen molar-refractivity contribution in [1.29, 1.82) is 0 Å². The minimum Gasteiger partial charge on any atom is -0.462 e. The largest absolute Gasteiger partial charge is 0.472 e. The minimum absolute atomic E-state index is 0.108. The molecule has 0 aliphatic carbocycles. The van der Waals surface area contributed by atoms with Gasteiger partial charge in [0.2, 0.25) is 0 Å². The molecule has 0 aromatic heterocycles. The van der Waals surface area contributed by atoms with Gasteiger partial charge >= 0.3 is 39.5 Å². The number of phosphoric ester groups is 2. The van der Waals surface area contributed by atoms with Crippen LogP contribution in [0.5, 0.6) is 0 Å². The molecule has 636 valence electrons. The molecule has 0 aliphatic heterocycles. The number of hydrogen-bond donors (Lipinski definition) is 3. The zero-order valence-corrected chi connectivity index (χ0v) is 72.2. The van der Waals surface area contributed by atoms with E-state index in [4.69, 9.17) is 37.0 Å². The molecule has 6 atom stereocenters. The molecule has 3 unspecified atom stereocenters. The van der Waals surface area contributed by atoms with Crippen LogP contribution in [-0.4, -0.2) is 96.7 Å². The van der Waals surface area contributed by atoms with Gasteiger partial charge in [-0.05, 0) is 37.5 Å². The van der Waals surface area contributed by atoms with E-state index in [1.165, 1.54) is 289 Å². The fourth-order valence-corrected chi connectivity index (χ4v) is 15.3. The first kappa shape index (κ1) is 105. The summed E-state index contributed by atoms with van der Waals surface area (Å²) < 4.78 is 69.0. The fraction of sp³-hybridized carbons (Fsp3) is 0.955. The molecular weight excluding hydrogens is 1390 g/mol. The summed E-state index contributed by atoms with van der Waals surface area (Å²) in [6, 6.07) is 0. The summed E-state index contributed by atoms with van der Waals surface area (Å²) in [5, 5.41) is 10.7. The maximum absolute atomic E-state index is 13.2. The van der Waals surface area contributed by atoms with Crippen LogP contribution in [0.1, 0.15) is 472 Å². The standard InChI is InChI=1S/C88H172O17P2/c1-7-10-12-14-16-18-20-22-24-28-33-37-41-45-52-58-64-70-85(90)98-76-83(104-87(92)72-67-61-55-47-43-39-35-31-27-26-30-32-36-40-44-50-56-62-68-80(4)5)78-102-106(94,95)100-74-82(89)75-101-107(96,97)103-79-84(77-99-86(91)71-65-59-53-49-48-51-57-63-69-81(6)9-3)105-88(93)73-66-60-54-46-42-38-34-29-25-23-21-19-17-15-13-11-8-2/h80-84,89H,7-79H2,1-6H3,(H,94,95)(H,96,97)/t81?,82-,83-,84-/m1/s1. The second-order valence-corrected chi connectivity index (χ2v) is 35.3. The van der Waals surface area contributed by atoms with Crippen molar-refractivity contribution in [2.24, 2.45) is 11.8 Å². The number of unbranched alkanes of at least 4 members (excludes halogenated alkanes) is 56. The number of aliphatic hydroxyl groups excluding tert-OH is 1. The van der Waals surface area contributed by atoms with Crippen molar-refractivity contribution in [3.8, 4) is 0 Å². The quantitative estimate of drug-likeness (QED) is 0.0222. The number of ether oxygens (including phenoxy) is 4. The van der Waals surface area contributed by atoms with Crippen LogP contribution in [0.4, 0.5) is 0 Å². The number of hydrogen-bond acceptors (Lipinski definition) is 15. The van der Waals surface area contributed by atoms with Gasteiger partial charge in [-0.1, -0.05) is 420 Å². The molecule has 0 heterocycles. The monoisotopic (exact) mass is 1560 g/mol. The molecule has 0 fully saturated rings. The van der Waals surface area contributed by atoms with Crippen LogP contribution in [0, 0.1) is 11.8 Å². The predicted octanol–water partition coefficient (Wildman–Crippen LogP) is 27.0. The van der Waals surface area contributed by atoms with Crippen molar-refractivity contribution in [1.82, 2.24) is 0 Å². The lowest BCUT2D eigenvalue weighted by Crippen LogP contribution is -2.30. The Morgan fingerprint density at radius 2 is 0.477 bits per heavy atom. The van der Waals surface area contributed by atoms with Gasteiger partial charge in [0, 0.05) is 25.7 Å². The normalized spacial score (nSPS) is 14.0. The van der Waals surface area contributed by atoms with Crippen molar-refractivity contribution in [2.45, 2.75) is 490 Å². The summed E-state index contributed by atoms with van der Waals surface area (Å²) in [6.45, 7) is 9.73. The number of aliphatic hydroxyl groups is 1. The van der Waals surface area contributed by atoms with Crippen molar-refractivity contribution in [2.75, 3.05) is 39.6 Å². The average Bonchev–Trinajstić information content (AvgIpc) is 0.903. The Balaban J connectivity index is 5.25. The van der Waals surface area contributed by atoms with Crippen LogP contribution in [-0.2, 0) is 65.4 Å². The Kier molecular flexibility index (Phi) is 77.9. The Bertz CT molecular complexity index is 2050. The van der Waals surface area contributed by atoms with E-state index in [-0.39, 0.29) is 25.7 Å². The lowest BCUT2D eigenvalue weighted by atomic mass is 9.99. The van der Waals surface area contributed by atoms with E-state index in [0.717, 1.165) is 102 Å². The summed E-state index contributed by atoms with van der Waals surface area (Å²) in [7, 11) is -9.93. The number of esters is 4. The third-order valence-electron chi connectivity index (χ3n) is 21.1. The summed E-state index contributed by atoms with van der Waals surface area (Å²) in [6.07, 6.45) is 72.1. The number of rotatable bonds is 87. The van der Waals surface area contributed by atoms with Crippen molar-refractivity contribution in [3.05, 3.63) is 0 Å². The van der Waals surface area contributed by atoms with Crippen LogP contribution < -0.4 is 0 Å². The summed E-state index contributed by atoms with van der Waals surface area (Å²) >= 11 is 0. The van der Waals surface area contributed by atoms with Gasteiger partial charge in [0.05, 0.1) is 26.4 Å². The van der Waals surface area contributed by atoms with Gasteiger partial charge in [-0.25, -0.2) is 9.13 Å². The molecule has 0 radical (unpaired) electrons. The van der Waals surface area contributed by atoms with Gasteiger partial charge in [-0.2, -0.15) is 0 Å². The Morgan fingerprint density at radius 3 is 0.710 bits per heavy atom. The highest BCUT2D eigenvalue weighted by Crippen LogP contribution is 2.45. The fourth-order valence-electron chi connectivity index (χ4n) is 13.7. The third kappa shape index (κ3) is 80.5. The van der Waals surface area contributed by atoms with E-state index < -0.39 is 97.5 Å². The van der Waals surface area contributed by atoms with E-state index in [2.05, 4.69) is 41.5 Å². The number of carbonyl (C=O) groups excluding carboxylic acids is 4. The summed E-state index contributed by atoms with van der Waals surface area (Å²) in [4.78, 5) is 73.3. The molecule has 0 saturated heterocycles. The molecular formula is C88H172O17P2. The van der Waals surface area contributed by atoms with Gasteiger partial charge in [0.15, 0.2) is 12.2 Å². The Labute approximate surface area is 658 Å². The average molecular weight is 1560 g/mol. The molecule has 19 heteroatoms. The topological polar surface area (TPSA) is 237 Å². The van der Waals surface area contributed by atoms with E-state index in [9.17, 15) is 43.2 Å². The zero-order valence-electron chi connectivity index (χ0n) is 70.5. The van der Waals surface area contributed by atoms with Crippen LogP contribution in [0.3, 0.4) is 0 Å². The van der Waals surface area contributed by atoms with E-state index in [1.807, 2.05) is 0 Å². The third-order valence-corrected chi connectivity index (χ3v) is 23.0. The minimum atomic E-state index is -4.97. The van der Waals surface area contributed by atoms with Gasteiger partial charge in [0.25, 0.3) is 0 Å². The number of carbonyl (C=O) groups is 4. The van der Waals surface area contributed by atoms with Gasteiger partial charge in [-0.15, -0.1) is 0 Å². The van der Waals surface area contributed by atoms with Crippen molar-refractivity contribution >= 4 is 39.5 Å². The SMILES string of the molecule is CCCCCCCCCCCCCCCCCCCC(=O)OC[C@H](COP(=O)(O)OC[C@@H](O)COP(=O)(O)OC[C@@H](COC(=O)CCCCCCCCCCC(C)CC)OC(=O)CCCCCCCCCCCCCCCCCCC)OC(=O)CCCCCCCCCCCCCCCCCCCCC(C)C. The highest BCUT2D eigenvalue weighted by atomic mass is 31.2. The smallest absolute Gasteiger partial charge is 0.462 e. The molecule has 0 aliphatic rings. The Morgan fingerprint density at radius 1 is 0.271 bits per heavy atom. The predicted molar refractivity (Wildman–Crippen MR) is 442 cm³/mol. The lowest BCUT2D eigenvalue weighted by Gasteiger charge is -2.21. The molecule has 3 N–H and O–H groups in total. The summed E-state index contributed by atoms with van der Waals surface area (Å²) in [5.74, 6) is -0.500. The summed E-state index contributed by atoms with van der Waals surface area (Å²) in [5.41, 5.74) is 0. The van der Waals surface area contributed by atoms with Crippen LogP contribution in [0.15, 0.2) is 0 Å². The van der Waals surface area contributed by atoms with Gasteiger partial charge in [0.1, 0.15) is 19.3 Å². The molecule has 0 bridgehead atoms. The van der Waals surface area contributed by atoms with Crippen molar-refractivity contribution < 1.29 is 80.2 Å². The molecule has 0 rings (SSSR count). The van der Waals surface area contributed by atoms with Crippen LogP contribution in [0.25, 0.3) is 0 Å². The second kappa shape index (κ2) is 79.3. The molecule has 0 spiro atoms. The van der Waals surface area contributed by atoms with E-state index in [1.54, 1.807) is 0 Å². The van der Waals surface area contributed by atoms with E-state index in [0.29, 0.717) is 25.7 Å². The van der Waals surface area contributed by atoms with Crippen LogP contribution in [0.2, 0.25) is 0 Å². The second-order valence-electron chi connectivity index (χ2n) is 32.4. The first-order chi connectivity index (χ1) is 51.9. The maximum atomic E-state index is 13.2. The molecule has 0 saturated carbocycles. The van der Waals surface area contributed by atoms with Gasteiger partial charge in [-0.3, -0.25) is 37.3 Å². The molecule has 0 amide bonds. The molecule has 17 nitrogen and oxygen atoms in total. The highest BCUT2D eigenvalue weighted by Gasteiger charge is 2.31. The highest BCUT2D eigenvalue weighted by molar-refractivity contribution is 7.47. The van der Waals surface area contributed by atoms with Crippen molar-refractivity contribution in [3.63, 3.8) is 0 Å². The van der Waals surface area contributed by atoms with E-state index >= 15 is 0 Å². The molecule has 0 aromatic rings. The maximum Gasteiger partial charge on any atom is 0.472 e. The zero-order chi connectivity index (χ0) is 78.5. The van der Waals surface area contributed by atoms with Gasteiger partial charge < -0.3 is 33.8 Å². The Hall–Kier alpha value is -1.94. The first-order valence-electron chi connectivity index (χ1n) is 45.5. The first-order valence-corrected chi connectivity index (χ1v) is 48.5.